The molecule has 4 rings (SSSR count). The van der Waals surface area contributed by atoms with Gasteiger partial charge in [-0.15, -0.1) is 0 Å². The number of likely N-dealkylation sites (tertiary alicyclic amines) is 1. The number of aliphatic carboxylic acids is 1. The highest BCUT2D eigenvalue weighted by Gasteiger charge is 2.31. The molecule has 0 unspecified atom stereocenters. The summed E-state index contributed by atoms with van der Waals surface area (Å²) in [6.07, 6.45) is 10.6. The number of carbonyl (C=O) groups is 1. The Morgan fingerprint density at radius 1 is 1.18 bits per heavy atom. The second-order valence-electron chi connectivity index (χ2n) is 10.0. The van der Waals surface area contributed by atoms with E-state index in [1.807, 2.05) is 24.3 Å². The lowest BCUT2D eigenvalue weighted by Gasteiger charge is -2.39. The molecule has 0 bridgehead atoms. The van der Waals surface area contributed by atoms with E-state index >= 15 is 0 Å². The van der Waals surface area contributed by atoms with Crippen molar-refractivity contribution in [1.29, 1.82) is 0 Å². The number of aromatic nitrogens is 1. The van der Waals surface area contributed by atoms with Crippen molar-refractivity contribution >= 4 is 16.9 Å². The van der Waals surface area contributed by atoms with Crippen LogP contribution >= 0.6 is 0 Å². The summed E-state index contributed by atoms with van der Waals surface area (Å²) >= 11 is 0. The monoisotopic (exact) mass is 454 g/mol. The third-order valence-electron chi connectivity index (χ3n) is 7.89. The van der Waals surface area contributed by atoms with Crippen LogP contribution in [0.4, 0.5) is 0 Å². The first-order valence-corrected chi connectivity index (χ1v) is 12.6. The van der Waals surface area contributed by atoms with E-state index in [0.29, 0.717) is 12.3 Å². The maximum atomic E-state index is 11.6. The van der Waals surface area contributed by atoms with Gasteiger partial charge in [-0.25, -0.2) is 0 Å². The van der Waals surface area contributed by atoms with Gasteiger partial charge in [0.15, 0.2) is 0 Å². The molecule has 1 aliphatic heterocycles. The van der Waals surface area contributed by atoms with Gasteiger partial charge in [0.05, 0.1) is 18.7 Å². The van der Waals surface area contributed by atoms with Crippen molar-refractivity contribution in [2.45, 2.75) is 63.9 Å². The average Bonchev–Trinajstić information content (AvgIpc) is 3.34. The van der Waals surface area contributed by atoms with Crippen molar-refractivity contribution in [1.82, 2.24) is 9.88 Å². The number of benzene rings is 1. The molecule has 2 fully saturated rings. The van der Waals surface area contributed by atoms with E-state index in [4.69, 9.17) is 4.74 Å². The minimum Gasteiger partial charge on any atom is -0.497 e. The van der Waals surface area contributed by atoms with E-state index in [9.17, 15) is 15.0 Å². The summed E-state index contributed by atoms with van der Waals surface area (Å²) in [5.74, 6) is 1.39. The third kappa shape index (κ3) is 6.24. The molecular weight excluding hydrogens is 416 g/mol. The zero-order valence-electron chi connectivity index (χ0n) is 19.8. The summed E-state index contributed by atoms with van der Waals surface area (Å²) in [5, 5.41) is 21.5. The SMILES string of the molecule is COc1ccc2nccc([C@H](O)CC[C@@H]3CCN(CCC4CCCC4)C[C@@H]3CC(=O)O)c2c1. The van der Waals surface area contributed by atoms with Crippen LogP contribution in [0.5, 0.6) is 5.75 Å². The quantitative estimate of drug-likeness (QED) is 0.523. The Labute approximate surface area is 197 Å². The molecule has 2 N–H and O–H groups in total. The van der Waals surface area contributed by atoms with Crippen molar-refractivity contribution < 1.29 is 19.7 Å². The van der Waals surface area contributed by atoms with Crippen LogP contribution in [0.2, 0.25) is 0 Å². The van der Waals surface area contributed by atoms with Gasteiger partial charge in [0.2, 0.25) is 0 Å². The lowest BCUT2D eigenvalue weighted by Crippen LogP contribution is -2.42. The summed E-state index contributed by atoms with van der Waals surface area (Å²) in [6.45, 7) is 3.01. The molecule has 2 heterocycles. The predicted octanol–water partition coefficient (Wildman–Crippen LogP) is 5.05. The van der Waals surface area contributed by atoms with Crippen LogP contribution in [0.25, 0.3) is 10.9 Å². The topological polar surface area (TPSA) is 82.9 Å². The first kappa shape index (κ1) is 24.0. The molecule has 2 aliphatic rings. The number of hydrogen-bond donors (Lipinski definition) is 2. The molecule has 2 aromatic rings. The smallest absolute Gasteiger partial charge is 0.303 e. The summed E-state index contributed by atoms with van der Waals surface area (Å²) in [7, 11) is 1.64. The molecule has 180 valence electrons. The van der Waals surface area contributed by atoms with E-state index in [2.05, 4.69) is 9.88 Å². The molecule has 0 radical (unpaired) electrons. The summed E-state index contributed by atoms with van der Waals surface area (Å²) < 4.78 is 5.36. The van der Waals surface area contributed by atoms with Gasteiger partial charge in [-0.3, -0.25) is 9.78 Å². The van der Waals surface area contributed by atoms with Crippen LogP contribution in [0, 0.1) is 17.8 Å². The van der Waals surface area contributed by atoms with E-state index in [1.165, 1.54) is 32.1 Å². The number of fused-ring (bicyclic) bond motifs is 1. The fraction of sp³-hybridized carbons (Fsp3) is 0.630. The Bertz CT molecular complexity index is 927. The molecule has 0 spiro atoms. The van der Waals surface area contributed by atoms with Gasteiger partial charge in [0, 0.05) is 24.5 Å². The van der Waals surface area contributed by atoms with E-state index in [1.54, 1.807) is 13.3 Å². The Hall–Kier alpha value is -2.18. The van der Waals surface area contributed by atoms with Crippen molar-refractivity contribution in [2.24, 2.45) is 17.8 Å². The van der Waals surface area contributed by atoms with Crippen LogP contribution < -0.4 is 4.74 Å². The van der Waals surface area contributed by atoms with Gasteiger partial charge in [-0.1, -0.05) is 25.7 Å². The molecule has 1 aliphatic carbocycles. The second-order valence-corrected chi connectivity index (χ2v) is 10.0. The summed E-state index contributed by atoms with van der Waals surface area (Å²) in [6, 6.07) is 7.60. The highest BCUT2D eigenvalue weighted by molar-refractivity contribution is 5.83. The van der Waals surface area contributed by atoms with Gasteiger partial charge in [-0.05, 0) is 86.4 Å². The van der Waals surface area contributed by atoms with Crippen LogP contribution in [0.3, 0.4) is 0 Å². The number of aliphatic hydroxyl groups is 1. The van der Waals surface area contributed by atoms with E-state index in [0.717, 1.165) is 60.6 Å². The van der Waals surface area contributed by atoms with Gasteiger partial charge < -0.3 is 19.8 Å². The Balaban J connectivity index is 1.37. The fourth-order valence-corrected chi connectivity index (χ4v) is 5.95. The van der Waals surface area contributed by atoms with Crippen LogP contribution in [-0.2, 0) is 4.79 Å². The minimum atomic E-state index is -0.713. The lowest BCUT2D eigenvalue weighted by atomic mass is 9.79. The Kier molecular flexibility index (Phi) is 8.20. The van der Waals surface area contributed by atoms with Crippen molar-refractivity contribution in [3.05, 3.63) is 36.0 Å². The number of nitrogens with zero attached hydrogens (tertiary/aromatic N) is 2. The zero-order valence-corrected chi connectivity index (χ0v) is 19.8. The molecule has 6 heteroatoms. The normalized spacial score (nSPS) is 23.1. The molecule has 6 nitrogen and oxygen atoms in total. The van der Waals surface area contributed by atoms with Crippen molar-refractivity contribution in [3.63, 3.8) is 0 Å². The largest absolute Gasteiger partial charge is 0.497 e. The number of carboxylic acid groups (broad SMARTS) is 1. The maximum Gasteiger partial charge on any atom is 0.303 e. The average molecular weight is 455 g/mol. The third-order valence-corrected chi connectivity index (χ3v) is 7.89. The molecule has 0 amide bonds. The fourth-order valence-electron chi connectivity index (χ4n) is 5.95. The highest BCUT2D eigenvalue weighted by atomic mass is 16.5. The summed E-state index contributed by atoms with van der Waals surface area (Å²) in [4.78, 5) is 18.5. The van der Waals surface area contributed by atoms with Gasteiger partial charge in [-0.2, -0.15) is 0 Å². The number of hydrogen-bond acceptors (Lipinski definition) is 5. The zero-order chi connectivity index (χ0) is 23.2. The number of carboxylic acids is 1. The molecule has 1 saturated carbocycles. The Morgan fingerprint density at radius 3 is 2.76 bits per heavy atom. The maximum absolute atomic E-state index is 11.6. The van der Waals surface area contributed by atoms with Crippen molar-refractivity contribution in [3.8, 4) is 5.75 Å². The minimum absolute atomic E-state index is 0.154. The number of methoxy groups -OCH3 is 1. The highest BCUT2D eigenvalue weighted by Crippen LogP contribution is 2.35. The standard InChI is InChI=1S/C27H38N2O4/c1-33-22-7-8-25-24(17-22)23(10-13-28-25)26(30)9-6-20-12-15-29(18-21(20)16-27(31)32)14-11-19-4-2-3-5-19/h7-8,10,13,17,19-21,26,30H,2-6,9,11-12,14-16,18H2,1H3,(H,31,32)/t20-,21+,26-/m1/s1. The van der Waals surface area contributed by atoms with Crippen LogP contribution in [-0.4, -0.2) is 52.8 Å². The Morgan fingerprint density at radius 2 is 2.00 bits per heavy atom. The predicted molar refractivity (Wildman–Crippen MR) is 129 cm³/mol. The number of piperidine rings is 1. The molecule has 1 saturated heterocycles. The second kappa shape index (κ2) is 11.3. The van der Waals surface area contributed by atoms with Gasteiger partial charge >= 0.3 is 5.97 Å². The number of aliphatic hydroxyl groups excluding tert-OH is 1. The summed E-state index contributed by atoms with van der Waals surface area (Å²) in [5.41, 5.74) is 1.70. The molecule has 1 aromatic carbocycles. The molecule has 1 aromatic heterocycles. The number of ether oxygens (including phenoxy) is 1. The molecule has 3 atom stereocenters. The van der Waals surface area contributed by atoms with Gasteiger partial charge in [0.1, 0.15) is 5.75 Å². The van der Waals surface area contributed by atoms with Gasteiger partial charge in [0.25, 0.3) is 0 Å². The number of rotatable bonds is 10. The molecular formula is C27H38N2O4. The van der Waals surface area contributed by atoms with E-state index < -0.39 is 12.1 Å². The van der Waals surface area contributed by atoms with E-state index in [-0.39, 0.29) is 12.3 Å². The first-order chi connectivity index (χ1) is 16.0. The first-order valence-electron chi connectivity index (χ1n) is 12.6. The van der Waals surface area contributed by atoms with Crippen molar-refractivity contribution in [2.75, 3.05) is 26.7 Å². The molecule has 33 heavy (non-hydrogen) atoms. The lowest BCUT2D eigenvalue weighted by molar-refractivity contribution is -0.139. The van der Waals surface area contributed by atoms with Crippen LogP contribution in [0.1, 0.15) is 69.5 Å². The number of pyridine rings is 1. The van der Waals surface area contributed by atoms with Crippen LogP contribution in [0.15, 0.2) is 30.5 Å².